The quantitative estimate of drug-likeness (QED) is 0.553. The monoisotopic (exact) mass is 376 g/mol. The van der Waals surface area contributed by atoms with Crippen molar-refractivity contribution < 1.29 is 13.2 Å². The molecule has 2 aliphatic carbocycles. The normalized spacial score (nSPS) is 15.0. The van der Waals surface area contributed by atoms with Gasteiger partial charge < -0.3 is 0 Å². The van der Waals surface area contributed by atoms with Gasteiger partial charge in [0.05, 0.1) is 5.56 Å². The van der Waals surface area contributed by atoms with E-state index in [0.717, 1.165) is 36.1 Å². The molecule has 0 saturated heterocycles. The predicted octanol–water partition coefficient (Wildman–Crippen LogP) is 5.11. The van der Waals surface area contributed by atoms with Crippen molar-refractivity contribution in [2.24, 2.45) is 0 Å². The van der Waals surface area contributed by atoms with Gasteiger partial charge in [0.2, 0.25) is 0 Å². The van der Waals surface area contributed by atoms with Gasteiger partial charge in [-0.2, -0.15) is 13.2 Å². The summed E-state index contributed by atoms with van der Waals surface area (Å²) >= 11 is 0. The van der Waals surface area contributed by atoms with Crippen molar-refractivity contribution in [3.63, 3.8) is 0 Å². The van der Waals surface area contributed by atoms with E-state index >= 15 is 0 Å². The number of alkyl halides is 3. The highest BCUT2D eigenvalue weighted by Gasteiger charge is 2.30. The first-order chi connectivity index (χ1) is 13.5. The van der Waals surface area contributed by atoms with Crippen molar-refractivity contribution in [3.05, 3.63) is 92.2 Å². The molecule has 0 heterocycles. The van der Waals surface area contributed by atoms with Crippen LogP contribution in [0, 0.1) is 10.4 Å². The Bertz CT molecular complexity index is 1300. The van der Waals surface area contributed by atoms with Crippen LogP contribution in [0.25, 0.3) is 23.3 Å². The molecule has 3 heteroatoms. The molecule has 0 saturated carbocycles. The lowest BCUT2D eigenvalue weighted by Crippen LogP contribution is -2.19. The van der Waals surface area contributed by atoms with Crippen molar-refractivity contribution in [2.75, 3.05) is 0 Å². The summed E-state index contributed by atoms with van der Waals surface area (Å²) in [6.07, 6.45) is 4.56. The molecule has 0 radical (unpaired) electrons. The average Bonchev–Trinajstić information content (AvgIpc) is 2.72. The summed E-state index contributed by atoms with van der Waals surface area (Å²) < 4.78 is 39.2. The van der Waals surface area contributed by atoms with Crippen molar-refractivity contribution in [1.29, 1.82) is 0 Å². The molecule has 140 valence electrons. The molecule has 0 amide bonds. The van der Waals surface area contributed by atoms with Gasteiger partial charge in [-0.3, -0.25) is 0 Å². The smallest absolute Gasteiger partial charge is 0.166 e. The minimum absolute atomic E-state index is 0.594. The molecule has 3 aromatic carbocycles. The van der Waals surface area contributed by atoms with E-state index in [1.807, 2.05) is 12.1 Å². The van der Waals surface area contributed by atoms with Crippen LogP contribution in [0.3, 0.4) is 0 Å². The molecule has 0 fully saturated rings. The van der Waals surface area contributed by atoms with E-state index in [0.29, 0.717) is 5.56 Å². The van der Waals surface area contributed by atoms with Crippen LogP contribution in [0.15, 0.2) is 54.6 Å². The van der Waals surface area contributed by atoms with Gasteiger partial charge in [0.1, 0.15) is 0 Å². The highest BCUT2D eigenvalue weighted by Crippen LogP contribution is 2.32. The first-order valence-electron chi connectivity index (χ1n) is 9.64. The third kappa shape index (κ3) is 2.86. The fourth-order valence-electron chi connectivity index (χ4n) is 4.46. The number of rotatable bonds is 1. The van der Waals surface area contributed by atoms with E-state index in [1.165, 1.54) is 45.3 Å². The Kier molecular flexibility index (Phi) is 3.94. The Morgan fingerprint density at radius 3 is 2.39 bits per heavy atom. The van der Waals surface area contributed by atoms with Crippen molar-refractivity contribution in [2.45, 2.75) is 31.9 Å². The lowest BCUT2D eigenvalue weighted by Gasteiger charge is -2.16. The Hall–Kier alpha value is -2.81. The molecule has 0 nitrogen and oxygen atoms in total. The van der Waals surface area contributed by atoms with Crippen molar-refractivity contribution >= 4 is 12.2 Å². The van der Waals surface area contributed by atoms with Gasteiger partial charge >= 0.3 is 6.18 Å². The van der Waals surface area contributed by atoms with E-state index in [-0.39, 0.29) is 0 Å². The molecule has 0 atom stereocenters. The summed E-state index contributed by atoms with van der Waals surface area (Å²) in [6, 6.07) is 16.0. The first-order valence-corrected chi connectivity index (χ1v) is 9.64. The minimum Gasteiger partial charge on any atom is -0.166 e. The zero-order valence-corrected chi connectivity index (χ0v) is 15.3. The topological polar surface area (TPSA) is 0 Å². The third-order valence-electron chi connectivity index (χ3n) is 5.85. The summed E-state index contributed by atoms with van der Waals surface area (Å²) in [7, 11) is 0. The van der Waals surface area contributed by atoms with E-state index in [1.54, 1.807) is 6.07 Å². The molecule has 0 unspecified atom stereocenters. The lowest BCUT2D eigenvalue weighted by atomic mass is 9.88. The standard InChI is InChI=1S/C25H19F3/c26-25(27,28)20-6-3-5-17(15-20)18-9-11-22-19(14-18)10-13-23-21-7-2-1-4-16(21)8-12-24(22)23/h3-6,8-12,14-15H,1-2,7,13H2. The van der Waals surface area contributed by atoms with Crippen molar-refractivity contribution in [3.8, 4) is 11.1 Å². The highest BCUT2D eigenvalue weighted by atomic mass is 19.4. The molecule has 3 aromatic rings. The van der Waals surface area contributed by atoms with E-state index < -0.39 is 11.7 Å². The first kappa shape index (κ1) is 17.3. The Morgan fingerprint density at radius 1 is 0.714 bits per heavy atom. The Morgan fingerprint density at radius 2 is 1.54 bits per heavy atom. The Balaban J connectivity index is 1.70. The molecule has 2 aliphatic rings. The maximum Gasteiger partial charge on any atom is 0.416 e. The fraction of sp³-hybridized carbons (Fsp3) is 0.200. The van der Waals surface area contributed by atoms with E-state index in [2.05, 4.69) is 30.4 Å². The van der Waals surface area contributed by atoms with E-state index in [4.69, 9.17) is 0 Å². The fourth-order valence-corrected chi connectivity index (χ4v) is 4.46. The molecular formula is C25H19F3. The second-order valence-electron chi connectivity index (χ2n) is 7.54. The molecule has 0 spiro atoms. The van der Waals surface area contributed by atoms with Gasteiger partial charge in [0, 0.05) is 0 Å². The molecule has 28 heavy (non-hydrogen) atoms. The summed E-state index contributed by atoms with van der Waals surface area (Å²) in [6.45, 7) is 0. The van der Waals surface area contributed by atoms with Gasteiger partial charge in [-0.15, -0.1) is 0 Å². The average molecular weight is 376 g/mol. The van der Waals surface area contributed by atoms with Crippen LogP contribution in [0.4, 0.5) is 13.2 Å². The minimum atomic E-state index is -4.33. The zero-order chi connectivity index (χ0) is 19.3. The van der Waals surface area contributed by atoms with Crippen LogP contribution in [0.5, 0.6) is 0 Å². The van der Waals surface area contributed by atoms with E-state index in [9.17, 15) is 13.2 Å². The van der Waals surface area contributed by atoms with Gasteiger partial charge in [0.15, 0.2) is 0 Å². The second-order valence-corrected chi connectivity index (χ2v) is 7.54. The number of hydrogen-bond acceptors (Lipinski definition) is 0. The van der Waals surface area contributed by atoms with Crippen LogP contribution >= 0.6 is 0 Å². The number of benzene rings is 3. The molecule has 5 rings (SSSR count). The van der Waals surface area contributed by atoms with Crippen LogP contribution in [0.1, 0.15) is 29.5 Å². The van der Waals surface area contributed by atoms with Gasteiger partial charge in [-0.1, -0.05) is 48.6 Å². The zero-order valence-electron chi connectivity index (χ0n) is 15.3. The van der Waals surface area contributed by atoms with Gasteiger partial charge in [0.25, 0.3) is 0 Å². The summed E-state index contributed by atoms with van der Waals surface area (Å²) in [5.41, 5.74) is 3.67. The molecule has 0 aliphatic heterocycles. The number of hydrogen-bond donors (Lipinski definition) is 0. The highest BCUT2D eigenvalue weighted by molar-refractivity contribution is 5.65. The largest absolute Gasteiger partial charge is 0.416 e. The number of halogens is 3. The van der Waals surface area contributed by atoms with Crippen LogP contribution in [0.2, 0.25) is 0 Å². The molecule has 0 N–H and O–H groups in total. The van der Waals surface area contributed by atoms with Gasteiger partial charge in [-0.25, -0.2) is 0 Å². The summed E-state index contributed by atoms with van der Waals surface area (Å²) in [5.74, 6) is 0. The van der Waals surface area contributed by atoms with Crippen LogP contribution < -0.4 is 10.4 Å². The molecule has 0 bridgehead atoms. The van der Waals surface area contributed by atoms with Crippen LogP contribution in [-0.4, -0.2) is 0 Å². The van der Waals surface area contributed by atoms with Gasteiger partial charge in [-0.05, 0) is 87.0 Å². The Labute approximate surface area is 161 Å². The van der Waals surface area contributed by atoms with Crippen molar-refractivity contribution in [1.82, 2.24) is 0 Å². The third-order valence-corrected chi connectivity index (χ3v) is 5.85. The summed E-state index contributed by atoms with van der Waals surface area (Å²) in [4.78, 5) is 0. The lowest BCUT2D eigenvalue weighted by molar-refractivity contribution is -0.137. The number of fused-ring (bicyclic) bond motifs is 4. The second kappa shape index (κ2) is 6.37. The summed E-state index contributed by atoms with van der Waals surface area (Å²) in [5, 5.41) is 4.90. The predicted molar refractivity (Wildman–Crippen MR) is 106 cm³/mol. The molecule has 0 aromatic heterocycles. The maximum atomic E-state index is 13.1. The SMILES string of the molecule is FC(F)(F)c1cccc(-c2ccc3c(c2)=CCc2c4c(ccc2=3)=CCCC4)c1. The van der Waals surface area contributed by atoms with Crippen LogP contribution in [-0.2, 0) is 19.0 Å². The molecular weight excluding hydrogens is 357 g/mol. The maximum absolute atomic E-state index is 13.1.